The molecule has 4 heterocycles. The number of hydrogen-bond donors (Lipinski definition) is 2. The monoisotopic (exact) mass is 574 g/mol. The minimum Gasteiger partial charge on any atom is -0.495 e. The lowest BCUT2D eigenvalue weighted by molar-refractivity contribution is -0.128. The molecular formula is C26H25F3N6O4S. The molecule has 10 nitrogen and oxygen atoms in total. The van der Waals surface area contributed by atoms with Gasteiger partial charge in [-0.25, -0.2) is 13.4 Å². The minimum atomic E-state index is -4.49. The van der Waals surface area contributed by atoms with E-state index in [9.17, 15) is 21.6 Å². The van der Waals surface area contributed by atoms with Crippen LogP contribution in [0.1, 0.15) is 11.4 Å². The zero-order valence-electron chi connectivity index (χ0n) is 21.8. The minimum absolute atomic E-state index is 0.0163. The summed E-state index contributed by atoms with van der Waals surface area (Å²) in [5.41, 5.74) is 1.68. The van der Waals surface area contributed by atoms with Crippen LogP contribution in [0.3, 0.4) is 0 Å². The van der Waals surface area contributed by atoms with Crippen LogP contribution in [0.4, 0.5) is 24.7 Å². The number of halogens is 3. The summed E-state index contributed by atoms with van der Waals surface area (Å²) in [5.74, 6) is 6.98. The quantitative estimate of drug-likeness (QED) is 0.337. The second kappa shape index (κ2) is 10.3. The summed E-state index contributed by atoms with van der Waals surface area (Å²) >= 11 is 0. The van der Waals surface area contributed by atoms with Gasteiger partial charge in [-0.3, -0.25) is 5.10 Å². The van der Waals surface area contributed by atoms with E-state index in [1.54, 1.807) is 12.1 Å². The molecule has 0 bridgehead atoms. The summed E-state index contributed by atoms with van der Waals surface area (Å²) in [7, 11) is -0.154. The molecule has 1 aliphatic rings. The molecule has 0 fully saturated rings. The van der Waals surface area contributed by atoms with E-state index in [4.69, 9.17) is 9.47 Å². The third-order valence-electron chi connectivity index (χ3n) is 6.30. The second-order valence-corrected chi connectivity index (χ2v) is 11.1. The van der Waals surface area contributed by atoms with E-state index < -0.39 is 22.4 Å². The first-order chi connectivity index (χ1) is 19.0. The molecule has 3 aromatic heterocycles. The van der Waals surface area contributed by atoms with Crippen molar-refractivity contribution in [1.82, 2.24) is 19.6 Å². The summed E-state index contributed by atoms with van der Waals surface area (Å²) in [6.45, 7) is 1.13. The van der Waals surface area contributed by atoms with E-state index in [1.165, 1.54) is 35.9 Å². The maximum absolute atomic E-state index is 13.6. The molecule has 210 valence electrons. The molecule has 0 radical (unpaired) electrons. The number of pyridine rings is 1. The van der Waals surface area contributed by atoms with Gasteiger partial charge in [0.05, 0.1) is 42.9 Å². The van der Waals surface area contributed by atoms with E-state index in [-0.39, 0.29) is 34.2 Å². The molecule has 0 spiro atoms. The van der Waals surface area contributed by atoms with Crippen molar-refractivity contribution >= 4 is 27.0 Å². The standard InChI is InChI=1S/C26H25F3N6O4S/c1-34-12-13-39-23-22(32-33-25(23)34)17-6-5-11-35-20(15-26(27,28)29)18(31-24(17)35)7-4-10-30-19-9-8-16(40(3,36)37)14-21(19)38-2/h5-6,8-9,11,14,30H,10,12-13,15H2,1-3H3,(H,32,33). The van der Waals surface area contributed by atoms with Gasteiger partial charge in [-0.15, -0.1) is 0 Å². The van der Waals surface area contributed by atoms with Gasteiger partial charge in [-0.1, -0.05) is 5.92 Å². The van der Waals surface area contributed by atoms with Crippen molar-refractivity contribution in [2.75, 3.05) is 50.3 Å². The van der Waals surface area contributed by atoms with Crippen molar-refractivity contribution in [3.8, 4) is 34.6 Å². The normalized spacial score (nSPS) is 13.4. The van der Waals surface area contributed by atoms with Gasteiger partial charge in [0.2, 0.25) is 0 Å². The molecule has 0 saturated carbocycles. The average molecular weight is 575 g/mol. The fourth-order valence-electron chi connectivity index (χ4n) is 4.38. The van der Waals surface area contributed by atoms with Crippen molar-refractivity contribution in [3.05, 3.63) is 47.9 Å². The van der Waals surface area contributed by atoms with Gasteiger partial charge < -0.3 is 24.1 Å². The molecule has 5 rings (SSSR count). The lowest BCUT2D eigenvalue weighted by Gasteiger charge is -2.23. The highest BCUT2D eigenvalue weighted by atomic mass is 32.2. The Morgan fingerprint density at radius 3 is 2.80 bits per heavy atom. The van der Waals surface area contributed by atoms with E-state index in [0.29, 0.717) is 41.7 Å². The number of fused-ring (bicyclic) bond motifs is 2. The van der Waals surface area contributed by atoms with Crippen LogP contribution < -0.4 is 19.7 Å². The lowest BCUT2D eigenvalue weighted by atomic mass is 10.1. The van der Waals surface area contributed by atoms with Crippen LogP contribution in [0.2, 0.25) is 0 Å². The van der Waals surface area contributed by atoms with Gasteiger partial charge >= 0.3 is 6.18 Å². The fraction of sp³-hybridized carbons (Fsp3) is 0.308. The third-order valence-corrected chi connectivity index (χ3v) is 7.41. The Labute approximate surface area is 228 Å². The summed E-state index contributed by atoms with van der Waals surface area (Å²) in [4.78, 5) is 6.51. The molecule has 1 aromatic carbocycles. The molecule has 4 aromatic rings. The zero-order valence-corrected chi connectivity index (χ0v) is 22.6. The average Bonchev–Trinajstić information content (AvgIpc) is 3.47. The highest BCUT2D eigenvalue weighted by Crippen LogP contribution is 2.40. The van der Waals surface area contributed by atoms with E-state index in [2.05, 4.69) is 32.3 Å². The molecule has 40 heavy (non-hydrogen) atoms. The highest BCUT2D eigenvalue weighted by Gasteiger charge is 2.32. The number of anilines is 2. The number of likely N-dealkylation sites (N-methyl/N-ethyl adjacent to an activating group) is 1. The largest absolute Gasteiger partial charge is 0.495 e. The first-order valence-corrected chi connectivity index (χ1v) is 14.0. The molecule has 1 aliphatic heterocycles. The smallest absolute Gasteiger partial charge is 0.394 e. The topological polar surface area (TPSA) is 114 Å². The summed E-state index contributed by atoms with van der Waals surface area (Å²) in [6.07, 6.45) is -3.11. The predicted octanol–water partition coefficient (Wildman–Crippen LogP) is 3.53. The van der Waals surface area contributed by atoms with Gasteiger partial charge in [-0.05, 0) is 30.2 Å². The first-order valence-electron chi connectivity index (χ1n) is 12.1. The van der Waals surface area contributed by atoms with Crippen molar-refractivity contribution in [3.63, 3.8) is 0 Å². The van der Waals surface area contributed by atoms with E-state index in [0.717, 1.165) is 6.26 Å². The maximum atomic E-state index is 13.6. The molecule has 2 N–H and O–H groups in total. The van der Waals surface area contributed by atoms with Gasteiger partial charge in [0.25, 0.3) is 0 Å². The van der Waals surface area contributed by atoms with Crippen LogP contribution >= 0.6 is 0 Å². The van der Waals surface area contributed by atoms with Crippen LogP contribution in [-0.4, -0.2) is 74.3 Å². The Bertz CT molecular complexity index is 1750. The lowest BCUT2D eigenvalue weighted by Crippen LogP contribution is -2.28. The number of aromatic nitrogens is 4. The van der Waals surface area contributed by atoms with E-state index >= 15 is 0 Å². The fourth-order valence-corrected chi connectivity index (χ4v) is 5.01. The molecule has 0 amide bonds. The molecule has 0 saturated heterocycles. The second-order valence-electron chi connectivity index (χ2n) is 9.13. The van der Waals surface area contributed by atoms with Crippen molar-refractivity contribution < 1.29 is 31.1 Å². The Morgan fingerprint density at radius 1 is 1.27 bits per heavy atom. The van der Waals surface area contributed by atoms with E-state index in [1.807, 2.05) is 11.9 Å². The first kappa shape index (κ1) is 27.2. The Morgan fingerprint density at radius 2 is 2.08 bits per heavy atom. The number of nitrogens with zero attached hydrogens (tertiary/aromatic N) is 4. The molecule has 14 heteroatoms. The Balaban J connectivity index is 1.50. The van der Waals surface area contributed by atoms with Gasteiger partial charge in [-0.2, -0.15) is 18.3 Å². The van der Waals surface area contributed by atoms with Gasteiger partial charge in [0.15, 0.2) is 21.4 Å². The summed E-state index contributed by atoms with van der Waals surface area (Å²) in [5, 5.41) is 10.3. The number of H-pyrrole nitrogens is 1. The van der Waals surface area contributed by atoms with Crippen molar-refractivity contribution in [2.45, 2.75) is 17.5 Å². The van der Waals surface area contributed by atoms with Gasteiger partial charge in [0, 0.05) is 31.1 Å². The highest BCUT2D eigenvalue weighted by molar-refractivity contribution is 7.90. The van der Waals surface area contributed by atoms with Gasteiger partial charge in [0.1, 0.15) is 29.4 Å². The Kier molecular flexibility index (Phi) is 7.01. The summed E-state index contributed by atoms with van der Waals surface area (Å²) in [6, 6.07) is 7.71. The zero-order chi connectivity index (χ0) is 28.7. The number of methoxy groups -OCH3 is 1. The number of aromatic amines is 1. The maximum Gasteiger partial charge on any atom is 0.394 e. The van der Waals surface area contributed by atoms with Crippen molar-refractivity contribution in [2.24, 2.45) is 0 Å². The summed E-state index contributed by atoms with van der Waals surface area (Å²) < 4.78 is 76.8. The van der Waals surface area contributed by atoms with Crippen molar-refractivity contribution in [1.29, 1.82) is 0 Å². The van der Waals surface area contributed by atoms with Crippen LogP contribution in [0.5, 0.6) is 11.5 Å². The van der Waals surface area contributed by atoms with Crippen LogP contribution in [0.25, 0.3) is 16.9 Å². The molecule has 0 atom stereocenters. The number of benzene rings is 1. The number of hydrogen-bond acceptors (Lipinski definition) is 8. The molecule has 0 unspecified atom stereocenters. The molecular weight excluding hydrogens is 549 g/mol. The Hall–Kier alpha value is -4.38. The number of rotatable bonds is 6. The number of sulfone groups is 1. The number of imidazole rings is 1. The SMILES string of the molecule is COc1cc(S(C)(=O)=O)ccc1NCC#Cc1nc2c(-c3[nH]nc4c3OCCN4C)cccn2c1CC(F)(F)F. The van der Waals surface area contributed by atoms with Crippen LogP contribution in [-0.2, 0) is 16.3 Å². The number of nitrogens with one attached hydrogen (secondary N) is 2. The predicted molar refractivity (Wildman–Crippen MR) is 143 cm³/mol. The molecule has 0 aliphatic carbocycles. The number of ether oxygens (including phenoxy) is 2. The third kappa shape index (κ3) is 5.37. The van der Waals surface area contributed by atoms with Crippen LogP contribution in [0.15, 0.2) is 41.4 Å². The number of alkyl halides is 3. The van der Waals surface area contributed by atoms with Crippen LogP contribution in [0, 0.1) is 11.8 Å².